The number of hydrogen-bond donors (Lipinski definition) is 2. The van der Waals surface area contributed by atoms with Gasteiger partial charge in [-0.2, -0.15) is 0 Å². The fourth-order valence-electron chi connectivity index (χ4n) is 4.30. The molecule has 2 N–H and O–H groups in total. The maximum Gasteiger partial charge on any atom is 0.0402 e. The van der Waals surface area contributed by atoms with Crippen LogP contribution in [0.1, 0.15) is 27.7 Å². The van der Waals surface area contributed by atoms with E-state index in [1.54, 1.807) is 0 Å². The van der Waals surface area contributed by atoms with Crippen LogP contribution < -0.4 is 10.6 Å². The van der Waals surface area contributed by atoms with E-state index < -0.39 is 0 Å². The predicted octanol–water partition coefficient (Wildman–Crippen LogP) is 5.01. The molecule has 2 aromatic rings. The Bertz CT molecular complexity index is 547. The smallest absolute Gasteiger partial charge is 0.0402 e. The van der Waals surface area contributed by atoms with Crippen LogP contribution in [0.25, 0.3) is 0 Å². The number of anilines is 2. The van der Waals surface area contributed by atoms with Crippen molar-refractivity contribution in [3.63, 3.8) is 0 Å². The molecule has 116 valence electrons. The lowest BCUT2D eigenvalue weighted by molar-refractivity contribution is -0.0256. The Balaban J connectivity index is 1.78. The van der Waals surface area contributed by atoms with E-state index in [0.29, 0.717) is 12.1 Å². The second-order valence-electron chi connectivity index (χ2n) is 7.53. The van der Waals surface area contributed by atoms with Gasteiger partial charge in [0.05, 0.1) is 0 Å². The zero-order valence-corrected chi connectivity index (χ0v) is 13.9. The van der Waals surface area contributed by atoms with Crippen molar-refractivity contribution < 1.29 is 0 Å². The summed E-state index contributed by atoms with van der Waals surface area (Å²) in [4.78, 5) is 0. The van der Waals surface area contributed by atoms with Gasteiger partial charge < -0.3 is 10.6 Å². The van der Waals surface area contributed by atoms with Gasteiger partial charge in [0.1, 0.15) is 0 Å². The van der Waals surface area contributed by atoms with Crippen molar-refractivity contribution in [3.8, 4) is 0 Å². The summed E-state index contributed by atoms with van der Waals surface area (Å²) in [6.45, 7) is 9.39. The first kappa shape index (κ1) is 15.0. The van der Waals surface area contributed by atoms with Crippen LogP contribution in [0.3, 0.4) is 0 Å². The maximum atomic E-state index is 3.73. The quantitative estimate of drug-likeness (QED) is 0.828. The van der Waals surface area contributed by atoms with Crippen molar-refractivity contribution in [2.45, 2.75) is 39.8 Å². The molecule has 2 aromatic carbocycles. The fraction of sp³-hybridized carbons (Fsp3) is 0.400. The molecular weight excluding hydrogens is 268 g/mol. The maximum absolute atomic E-state index is 3.73. The number of benzene rings is 2. The van der Waals surface area contributed by atoms with E-state index in [9.17, 15) is 0 Å². The second-order valence-corrected chi connectivity index (χ2v) is 7.53. The van der Waals surface area contributed by atoms with Crippen LogP contribution in [0.4, 0.5) is 11.4 Å². The van der Waals surface area contributed by atoms with Crippen molar-refractivity contribution in [3.05, 3.63) is 60.7 Å². The van der Waals surface area contributed by atoms with Crippen LogP contribution in [0.2, 0.25) is 0 Å². The minimum atomic E-state index is 0.176. The highest BCUT2D eigenvalue weighted by atomic mass is 15.1. The normalized spacial score (nSPS) is 25.1. The molecule has 22 heavy (non-hydrogen) atoms. The van der Waals surface area contributed by atoms with Gasteiger partial charge in [0.15, 0.2) is 0 Å². The number of para-hydroxylation sites is 2. The van der Waals surface area contributed by atoms with E-state index in [1.165, 1.54) is 11.4 Å². The summed E-state index contributed by atoms with van der Waals surface area (Å²) < 4.78 is 0. The number of rotatable bonds is 4. The Labute approximate surface area is 134 Å². The van der Waals surface area contributed by atoms with Crippen LogP contribution in [0, 0.1) is 10.8 Å². The minimum Gasteiger partial charge on any atom is -0.381 e. The molecule has 1 fully saturated rings. The minimum absolute atomic E-state index is 0.176. The highest BCUT2D eigenvalue weighted by Crippen LogP contribution is 2.56. The fourth-order valence-corrected chi connectivity index (χ4v) is 4.30. The van der Waals surface area contributed by atoms with Crippen molar-refractivity contribution in [1.82, 2.24) is 0 Å². The molecule has 0 spiro atoms. The third-order valence-corrected chi connectivity index (χ3v) is 5.15. The van der Waals surface area contributed by atoms with Crippen molar-refractivity contribution in [2.75, 3.05) is 10.6 Å². The van der Waals surface area contributed by atoms with Crippen LogP contribution in [0.5, 0.6) is 0 Å². The Morgan fingerprint density at radius 1 is 0.591 bits per heavy atom. The van der Waals surface area contributed by atoms with Gasteiger partial charge in [-0.3, -0.25) is 0 Å². The van der Waals surface area contributed by atoms with Crippen molar-refractivity contribution in [1.29, 1.82) is 0 Å². The van der Waals surface area contributed by atoms with Crippen molar-refractivity contribution >= 4 is 11.4 Å². The molecule has 3 rings (SSSR count). The summed E-state index contributed by atoms with van der Waals surface area (Å²) in [5.41, 5.74) is 2.75. The molecule has 1 aliphatic carbocycles. The molecule has 0 amide bonds. The highest BCUT2D eigenvalue weighted by Gasteiger charge is 2.61. The Morgan fingerprint density at radius 2 is 0.909 bits per heavy atom. The van der Waals surface area contributed by atoms with E-state index in [1.807, 2.05) is 0 Å². The molecule has 0 saturated heterocycles. The lowest BCUT2D eigenvalue weighted by atomic mass is 9.48. The van der Waals surface area contributed by atoms with Gasteiger partial charge in [-0.05, 0) is 24.3 Å². The van der Waals surface area contributed by atoms with Gasteiger partial charge in [-0.15, -0.1) is 0 Å². The third kappa shape index (κ3) is 2.47. The molecular formula is C20H26N2. The lowest BCUT2D eigenvalue weighted by Crippen LogP contribution is -2.72. The number of nitrogens with one attached hydrogen (secondary N) is 2. The van der Waals surface area contributed by atoms with E-state index in [0.717, 1.165) is 0 Å². The summed E-state index contributed by atoms with van der Waals surface area (Å²) in [5.74, 6) is 0. The predicted molar refractivity (Wildman–Crippen MR) is 95.3 cm³/mol. The molecule has 0 aromatic heterocycles. The van der Waals surface area contributed by atoms with Gasteiger partial charge >= 0.3 is 0 Å². The zero-order chi connectivity index (χ0) is 15.8. The molecule has 0 heterocycles. The summed E-state index contributed by atoms with van der Waals surface area (Å²) in [7, 11) is 0. The molecule has 1 saturated carbocycles. The van der Waals surface area contributed by atoms with E-state index in [4.69, 9.17) is 0 Å². The highest BCUT2D eigenvalue weighted by molar-refractivity contribution is 5.50. The van der Waals surface area contributed by atoms with Gasteiger partial charge in [-0.1, -0.05) is 64.1 Å². The zero-order valence-electron chi connectivity index (χ0n) is 13.9. The Hall–Kier alpha value is -1.96. The number of hydrogen-bond acceptors (Lipinski definition) is 2. The van der Waals surface area contributed by atoms with Gasteiger partial charge in [0.25, 0.3) is 0 Å². The van der Waals surface area contributed by atoms with E-state index in [-0.39, 0.29) is 10.8 Å². The molecule has 0 unspecified atom stereocenters. The summed E-state index contributed by atoms with van der Waals surface area (Å²) >= 11 is 0. The van der Waals surface area contributed by atoms with Gasteiger partial charge in [0.2, 0.25) is 0 Å². The summed E-state index contributed by atoms with van der Waals surface area (Å²) in [5, 5.41) is 7.47. The molecule has 1 aliphatic rings. The first-order valence-electron chi connectivity index (χ1n) is 8.05. The van der Waals surface area contributed by atoms with Crippen LogP contribution in [0.15, 0.2) is 60.7 Å². The van der Waals surface area contributed by atoms with Crippen LogP contribution in [-0.4, -0.2) is 12.1 Å². The topological polar surface area (TPSA) is 24.1 Å². The van der Waals surface area contributed by atoms with Crippen molar-refractivity contribution in [2.24, 2.45) is 10.8 Å². The van der Waals surface area contributed by atoms with E-state index >= 15 is 0 Å². The molecule has 0 radical (unpaired) electrons. The standard InChI is InChI=1S/C20H26N2/c1-19(2)17(21-15-11-7-5-8-12-15)20(3,4)18(19)22-16-13-9-6-10-14-16/h5-14,17-18,21-22H,1-4H3. The Kier molecular flexibility index (Phi) is 3.64. The SMILES string of the molecule is CC1(C)C(Nc2ccccc2)C(C)(C)C1Nc1ccccc1. The van der Waals surface area contributed by atoms with E-state index in [2.05, 4.69) is 99.0 Å². The average Bonchev–Trinajstić information content (AvgIpc) is 2.52. The molecule has 2 nitrogen and oxygen atoms in total. The van der Waals surface area contributed by atoms with Crippen LogP contribution >= 0.6 is 0 Å². The molecule has 0 atom stereocenters. The second kappa shape index (κ2) is 5.35. The summed E-state index contributed by atoms with van der Waals surface area (Å²) in [6, 6.07) is 21.9. The van der Waals surface area contributed by atoms with Crippen LogP contribution in [-0.2, 0) is 0 Å². The monoisotopic (exact) mass is 294 g/mol. The summed E-state index contributed by atoms with van der Waals surface area (Å²) in [6.07, 6.45) is 0. The van der Waals surface area contributed by atoms with Gasteiger partial charge in [0, 0.05) is 34.3 Å². The third-order valence-electron chi connectivity index (χ3n) is 5.15. The Morgan fingerprint density at radius 3 is 1.23 bits per heavy atom. The average molecular weight is 294 g/mol. The first-order valence-corrected chi connectivity index (χ1v) is 8.05. The van der Waals surface area contributed by atoms with Gasteiger partial charge in [-0.25, -0.2) is 0 Å². The lowest BCUT2D eigenvalue weighted by Gasteiger charge is -2.64. The molecule has 0 bridgehead atoms. The molecule has 0 aliphatic heterocycles. The largest absolute Gasteiger partial charge is 0.381 e. The first-order chi connectivity index (χ1) is 10.4. The molecule has 2 heteroatoms.